The van der Waals surface area contributed by atoms with Crippen LogP contribution >= 0.6 is 0 Å². The van der Waals surface area contributed by atoms with Crippen molar-refractivity contribution < 1.29 is 14.3 Å². The maximum Gasteiger partial charge on any atom is 0.333 e. The molecule has 0 aliphatic rings. The molecule has 0 spiro atoms. The van der Waals surface area contributed by atoms with Gasteiger partial charge in [0.05, 0.1) is 11.7 Å². The highest BCUT2D eigenvalue weighted by Gasteiger charge is 2.25. The largest absolute Gasteiger partial charge is 0.478 e. The lowest BCUT2D eigenvalue weighted by Gasteiger charge is -2.26. The second kappa shape index (κ2) is 5.31. The summed E-state index contributed by atoms with van der Waals surface area (Å²) in [5.74, 6) is -0.957. The lowest BCUT2D eigenvalue weighted by Crippen LogP contribution is -2.34. The summed E-state index contributed by atoms with van der Waals surface area (Å²) in [4.78, 5) is 10.7. The van der Waals surface area contributed by atoms with Crippen LogP contribution in [0.1, 0.15) is 19.8 Å². The predicted octanol–water partition coefficient (Wildman–Crippen LogP) is 2.65. The van der Waals surface area contributed by atoms with Crippen LogP contribution in [0.3, 0.4) is 0 Å². The van der Waals surface area contributed by atoms with Crippen molar-refractivity contribution in [3.63, 3.8) is 0 Å². The fourth-order valence-electron chi connectivity index (χ4n) is 1.13. The topological polar surface area (TPSA) is 46.5 Å². The minimum atomic E-state index is -1.69. The average molecular weight is 216 g/mol. The summed E-state index contributed by atoms with van der Waals surface area (Å²) < 4.78 is 5.76. The van der Waals surface area contributed by atoms with Gasteiger partial charge in [-0.1, -0.05) is 19.9 Å². The molecule has 4 heteroatoms. The second-order valence-corrected chi connectivity index (χ2v) is 8.80. The van der Waals surface area contributed by atoms with Crippen molar-refractivity contribution in [3.05, 3.63) is 12.2 Å². The number of hydrogen-bond acceptors (Lipinski definition) is 2. The molecule has 0 bridgehead atoms. The normalized spacial score (nSPS) is 13.7. The van der Waals surface area contributed by atoms with Gasteiger partial charge < -0.3 is 9.53 Å². The lowest BCUT2D eigenvalue weighted by atomic mass is 10.1. The van der Waals surface area contributed by atoms with Crippen LogP contribution in [0.15, 0.2) is 12.2 Å². The smallest absolute Gasteiger partial charge is 0.333 e. The molecule has 0 aromatic carbocycles. The zero-order chi connectivity index (χ0) is 11.4. The number of carboxylic acid groups (broad SMARTS) is 1. The summed E-state index contributed by atoms with van der Waals surface area (Å²) in [5, 5.41) is 8.81. The van der Waals surface area contributed by atoms with E-state index in [0.29, 0.717) is 0 Å². The maximum absolute atomic E-state index is 10.7. The van der Waals surface area contributed by atoms with Gasteiger partial charge in [0, 0.05) is 0 Å². The van der Waals surface area contributed by atoms with Crippen LogP contribution in [0.2, 0.25) is 19.6 Å². The molecule has 1 N–H and O–H groups in total. The van der Waals surface area contributed by atoms with E-state index >= 15 is 0 Å². The van der Waals surface area contributed by atoms with Crippen molar-refractivity contribution in [2.24, 2.45) is 0 Å². The van der Waals surface area contributed by atoms with Gasteiger partial charge in [-0.15, -0.1) is 0 Å². The molecule has 0 saturated carbocycles. The lowest BCUT2D eigenvalue weighted by molar-refractivity contribution is -0.133. The Kier molecular flexibility index (Phi) is 5.08. The van der Waals surface area contributed by atoms with Crippen molar-refractivity contribution in [2.75, 3.05) is 0 Å². The Morgan fingerprint density at radius 3 is 2.29 bits per heavy atom. The summed E-state index contributed by atoms with van der Waals surface area (Å²) in [7, 11) is -1.69. The first-order valence-electron chi connectivity index (χ1n) is 4.88. The molecule has 1 atom stereocenters. The van der Waals surface area contributed by atoms with Gasteiger partial charge in [0.15, 0.2) is 8.32 Å². The van der Waals surface area contributed by atoms with E-state index in [1.165, 1.54) is 0 Å². The minimum Gasteiger partial charge on any atom is -0.478 e. The van der Waals surface area contributed by atoms with Gasteiger partial charge in [-0.2, -0.15) is 0 Å². The fraction of sp³-hybridized carbons (Fsp3) is 0.700. The number of rotatable bonds is 6. The molecule has 1 unspecified atom stereocenters. The molecule has 0 radical (unpaired) electrons. The zero-order valence-electron chi connectivity index (χ0n) is 9.46. The number of carboxylic acids is 1. The first kappa shape index (κ1) is 13.4. The molecule has 0 aliphatic heterocycles. The van der Waals surface area contributed by atoms with Crippen LogP contribution in [-0.4, -0.2) is 25.5 Å². The Bertz CT molecular complexity index is 218. The monoisotopic (exact) mass is 216 g/mol. The summed E-state index contributed by atoms with van der Waals surface area (Å²) in [6, 6.07) is 0. The molecule has 82 valence electrons. The van der Waals surface area contributed by atoms with Gasteiger partial charge >= 0.3 is 5.97 Å². The van der Waals surface area contributed by atoms with Gasteiger partial charge in [0.25, 0.3) is 0 Å². The molecule has 0 aliphatic carbocycles. The van der Waals surface area contributed by atoms with Crippen LogP contribution in [0.25, 0.3) is 0 Å². The third-order valence-electron chi connectivity index (χ3n) is 1.71. The van der Waals surface area contributed by atoms with Crippen molar-refractivity contribution in [1.82, 2.24) is 0 Å². The third-order valence-corrected chi connectivity index (χ3v) is 2.70. The van der Waals surface area contributed by atoms with Crippen LogP contribution < -0.4 is 0 Å². The zero-order valence-corrected chi connectivity index (χ0v) is 10.5. The molecule has 0 fully saturated rings. The molecule has 3 nitrogen and oxygen atoms in total. The quantitative estimate of drug-likeness (QED) is 0.548. The molecular weight excluding hydrogens is 196 g/mol. The van der Waals surface area contributed by atoms with Crippen molar-refractivity contribution in [2.45, 2.75) is 45.5 Å². The molecule has 0 heterocycles. The Labute approximate surface area is 86.9 Å². The maximum atomic E-state index is 10.7. The summed E-state index contributed by atoms with van der Waals surface area (Å²) >= 11 is 0. The van der Waals surface area contributed by atoms with E-state index in [4.69, 9.17) is 9.53 Å². The van der Waals surface area contributed by atoms with E-state index in [1.54, 1.807) is 0 Å². The van der Waals surface area contributed by atoms with Crippen LogP contribution in [0.4, 0.5) is 0 Å². The van der Waals surface area contributed by atoms with Crippen molar-refractivity contribution in [3.8, 4) is 0 Å². The molecule has 14 heavy (non-hydrogen) atoms. The molecule has 0 aromatic rings. The highest BCUT2D eigenvalue weighted by Crippen LogP contribution is 2.17. The van der Waals surface area contributed by atoms with Gasteiger partial charge in [-0.3, -0.25) is 0 Å². The van der Waals surface area contributed by atoms with E-state index in [9.17, 15) is 4.79 Å². The van der Waals surface area contributed by atoms with Gasteiger partial charge in [-0.05, 0) is 26.1 Å². The summed E-state index contributed by atoms with van der Waals surface area (Å²) in [6.45, 7) is 11.7. The predicted molar refractivity (Wildman–Crippen MR) is 59.9 cm³/mol. The first-order chi connectivity index (χ1) is 6.28. The number of carbonyl (C=O) groups is 1. The van der Waals surface area contributed by atoms with E-state index in [2.05, 4.69) is 6.58 Å². The molecular formula is C10H20O3Si. The van der Waals surface area contributed by atoms with Gasteiger partial charge in [0.2, 0.25) is 0 Å². The van der Waals surface area contributed by atoms with E-state index in [-0.39, 0.29) is 11.7 Å². The molecule has 0 rings (SSSR count). The Morgan fingerprint density at radius 1 is 1.50 bits per heavy atom. The fourth-order valence-corrected chi connectivity index (χ4v) is 2.24. The Morgan fingerprint density at radius 2 is 2.00 bits per heavy atom. The standard InChI is InChI=1S/C10H20O3Si/c1-6-7-9(8(2)10(11)12)13-14(3,4)5/h9H,2,6-7H2,1,3-5H3,(H,11,12). The molecule has 0 aromatic heterocycles. The minimum absolute atomic E-state index is 0.175. The van der Waals surface area contributed by atoms with Crippen LogP contribution in [-0.2, 0) is 9.22 Å². The van der Waals surface area contributed by atoms with E-state index in [1.807, 2.05) is 26.6 Å². The third kappa shape index (κ3) is 5.19. The molecule has 0 amide bonds. The summed E-state index contributed by atoms with van der Waals surface area (Å²) in [6.07, 6.45) is 1.32. The first-order valence-corrected chi connectivity index (χ1v) is 8.28. The Balaban J connectivity index is 4.44. The van der Waals surface area contributed by atoms with Gasteiger partial charge in [0.1, 0.15) is 0 Å². The average Bonchev–Trinajstić information content (AvgIpc) is 1.99. The highest BCUT2D eigenvalue weighted by atomic mass is 28.4. The van der Waals surface area contributed by atoms with E-state index < -0.39 is 14.3 Å². The number of aliphatic carboxylic acids is 1. The van der Waals surface area contributed by atoms with E-state index in [0.717, 1.165) is 12.8 Å². The van der Waals surface area contributed by atoms with Crippen molar-refractivity contribution in [1.29, 1.82) is 0 Å². The SMILES string of the molecule is C=C(C(=O)O)C(CCC)O[Si](C)(C)C. The van der Waals surface area contributed by atoms with Crippen LogP contribution in [0.5, 0.6) is 0 Å². The van der Waals surface area contributed by atoms with Crippen molar-refractivity contribution >= 4 is 14.3 Å². The second-order valence-electron chi connectivity index (χ2n) is 4.34. The Hall–Kier alpha value is -0.613. The van der Waals surface area contributed by atoms with Crippen LogP contribution in [0, 0.1) is 0 Å². The number of hydrogen-bond donors (Lipinski definition) is 1. The highest BCUT2D eigenvalue weighted by molar-refractivity contribution is 6.69. The van der Waals surface area contributed by atoms with Gasteiger partial charge in [-0.25, -0.2) is 4.79 Å². The molecule has 0 saturated heterocycles. The summed E-state index contributed by atoms with van der Waals surface area (Å²) in [5.41, 5.74) is 0.175.